The van der Waals surface area contributed by atoms with Crippen LogP contribution in [-0.2, 0) is 0 Å². The molecular formula is C14H26. The zero-order valence-corrected chi connectivity index (χ0v) is 10.0. The summed E-state index contributed by atoms with van der Waals surface area (Å²) in [7, 11) is 0. The highest BCUT2D eigenvalue weighted by Gasteiger charge is 2.22. The Morgan fingerprint density at radius 2 is 2.21 bits per heavy atom. The van der Waals surface area contributed by atoms with E-state index in [4.69, 9.17) is 0 Å². The van der Waals surface area contributed by atoms with E-state index < -0.39 is 0 Å². The molecule has 1 fully saturated rings. The molecule has 0 aromatic heterocycles. The summed E-state index contributed by atoms with van der Waals surface area (Å²) in [5.74, 6) is 3.65. The number of rotatable bonds is 4. The van der Waals surface area contributed by atoms with Gasteiger partial charge in [0.05, 0.1) is 0 Å². The molecule has 0 aliphatic heterocycles. The minimum absolute atomic E-state index is 0.859. The summed E-state index contributed by atoms with van der Waals surface area (Å²) >= 11 is 0. The molecule has 0 amide bonds. The molecule has 1 aliphatic rings. The first-order valence-corrected chi connectivity index (χ1v) is 6.38. The van der Waals surface area contributed by atoms with Gasteiger partial charge in [0.2, 0.25) is 0 Å². The van der Waals surface area contributed by atoms with Crippen LogP contribution in [0.25, 0.3) is 0 Å². The third kappa shape index (κ3) is 4.02. The van der Waals surface area contributed by atoms with Crippen molar-refractivity contribution in [1.29, 1.82) is 0 Å². The predicted octanol–water partition coefficient (Wildman–Crippen LogP) is 4.80. The molecule has 1 saturated carbocycles. The highest BCUT2D eigenvalue weighted by atomic mass is 14.3. The van der Waals surface area contributed by atoms with Gasteiger partial charge < -0.3 is 0 Å². The average molecular weight is 194 g/mol. The van der Waals surface area contributed by atoms with E-state index in [0.29, 0.717) is 0 Å². The number of hydrogen-bond donors (Lipinski definition) is 0. The van der Waals surface area contributed by atoms with Crippen LogP contribution >= 0.6 is 0 Å². The van der Waals surface area contributed by atoms with Crippen LogP contribution in [0.1, 0.15) is 65.2 Å². The van der Waals surface area contributed by atoms with Crippen LogP contribution < -0.4 is 0 Å². The molecule has 14 heavy (non-hydrogen) atoms. The molecule has 2 atom stereocenters. The van der Waals surface area contributed by atoms with Gasteiger partial charge in [0.1, 0.15) is 0 Å². The second-order valence-corrected chi connectivity index (χ2v) is 5.11. The van der Waals surface area contributed by atoms with E-state index in [1.165, 1.54) is 44.9 Å². The molecule has 0 N–H and O–H groups in total. The smallest absolute Gasteiger partial charge is 0.0210 e. The lowest BCUT2D eigenvalue weighted by atomic mass is 9.82. The molecule has 2 unspecified atom stereocenters. The summed E-state index contributed by atoms with van der Waals surface area (Å²) in [5, 5.41) is 0. The van der Waals surface area contributed by atoms with Crippen molar-refractivity contribution in [1.82, 2.24) is 0 Å². The summed E-state index contributed by atoms with van der Waals surface area (Å²) in [6.45, 7) is 8.76. The largest absolute Gasteiger partial charge is 0.0625 e. The highest BCUT2D eigenvalue weighted by Crippen LogP contribution is 2.35. The van der Waals surface area contributed by atoms with Crippen molar-refractivity contribution < 1.29 is 0 Å². The van der Waals surface area contributed by atoms with E-state index in [-0.39, 0.29) is 0 Å². The molecule has 0 saturated heterocycles. The van der Waals surface area contributed by atoms with E-state index in [9.17, 15) is 0 Å². The Bertz CT molecular complexity index is 139. The van der Waals surface area contributed by atoms with Crippen molar-refractivity contribution in [2.45, 2.75) is 65.2 Å². The lowest BCUT2D eigenvalue weighted by Crippen LogP contribution is -2.11. The van der Waals surface area contributed by atoms with Gasteiger partial charge in [0, 0.05) is 0 Å². The van der Waals surface area contributed by atoms with Crippen LogP contribution in [0.2, 0.25) is 0 Å². The Labute approximate surface area is 90.5 Å². The second kappa shape index (κ2) is 6.48. The van der Waals surface area contributed by atoms with Gasteiger partial charge in [-0.05, 0) is 30.6 Å². The number of hydrogen-bond acceptors (Lipinski definition) is 0. The molecule has 0 heterocycles. The van der Waals surface area contributed by atoms with Gasteiger partial charge in [-0.25, -0.2) is 0 Å². The maximum Gasteiger partial charge on any atom is -0.0210 e. The van der Waals surface area contributed by atoms with Gasteiger partial charge in [-0.3, -0.25) is 0 Å². The lowest BCUT2D eigenvalue weighted by Gasteiger charge is -2.23. The van der Waals surface area contributed by atoms with Gasteiger partial charge in [-0.1, -0.05) is 59.3 Å². The van der Waals surface area contributed by atoms with Gasteiger partial charge in [-0.15, -0.1) is 0 Å². The Kier molecular flexibility index (Phi) is 5.59. The zero-order chi connectivity index (χ0) is 10.4. The van der Waals surface area contributed by atoms with E-state index in [0.717, 1.165) is 18.3 Å². The topological polar surface area (TPSA) is 0 Å². The lowest BCUT2D eigenvalue weighted by molar-refractivity contribution is 0.434. The Hall–Kier alpha value is 0. The first-order valence-electron chi connectivity index (χ1n) is 6.38. The third-order valence-corrected chi connectivity index (χ3v) is 3.64. The fourth-order valence-electron chi connectivity index (χ4n) is 2.60. The van der Waals surface area contributed by atoms with E-state index in [1.54, 1.807) is 0 Å². The SMILES string of the molecule is [CH2]CCCC(C)[C]1CCCCC(C)C1. The average Bonchev–Trinajstić information content (AvgIpc) is 2.39. The van der Waals surface area contributed by atoms with Crippen LogP contribution in [0.3, 0.4) is 0 Å². The fourth-order valence-corrected chi connectivity index (χ4v) is 2.60. The summed E-state index contributed by atoms with van der Waals surface area (Å²) in [6, 6.07) is 0. The predicted molar refractivity (Wildman–Crippen MR) is 63.9 cm³/mol. The van der Waals surface area contributed by atoms with Gasteiger partial charge in [-0.2, -0.15) is 0 Å². The van der Waals surface area contributed by atoms with Crippen LogP contribution in [0, 0.1) is 24.7 Å². The molecule has 1 aliphatic carbocycles. The molecule has 0 heteroatoms. The molecule has 0 bridgehead atoms. The first-order chi connectivity index (χ1) is 6.74. The van der Waals surface area contributed by atoms with Gasteiger partial charge in [0.25, 0.3) is 0 Å². The molecular weight excluding hydrogens is 168 g/mol. The van der Waals surface area contributed by atoms with Crippen molar-refractivity contribution in [3.8, 4) is 0 Å². The zero-order valence-electron chi connectivity index (χ0n) is 10.0. The van der Waals surface area contributed by atoms with Crippen molar-refractivity contribution in [3.63, 3.8) is 0 Å². The molecule has 1 rings (SSSR count). The van der Waals surface area contributed by atoms with Gasteiger partial charge >= 0.3 is 0 Å². The van der Waals surface area contributed by atoms with Crippen molar-refractivity contribution in [3.05, 3.63) is 12.8 Å². The third-order valence-electron chi connectivity index (χ3n) is 3.64. The molecule has 0 aromatic rings. The Morgan fingerprint density at radius 3 is 2.93 bits per heavy atom. The van der Waals surface area contributed by atoms with Crippen LogP contribution in [0.15, 0.2) is 0 Å². The Balaban J connectivity index is 2.32. The molecule has 2 radical (unpaired) electrons. The Morgan fingerprint density at radius 1 is 1.43 bits per heavy atom. The summed E-state index contributed by atoms with van der Waals surface area (Å²) < 4.78 is 0. The maximum absolute atomic E-state index is 3.93. The monoisotopic (exact) mass is 194 g/mol. The molecule has 82 valence electrons. The van der Waals surface area contributed by atoms with Gasteiger partial charge in [0.15, 0.2) is 0 Å². The number of unbranched alkanes of at least 4 members (excludes halogenated alkanes) is 1. The normalized spacial score (nSPS) is 27.2. The molecule has 0 nitrogen and oxygen atoms in total. The van der Waals surface area contributed by atoms with Crippen LogP contribution in [0.4, 0.5) is 0 Å². The van der Waals surface area contributed by atoms with Crippen molar-refractivity contribution in [2.24, 2.45) is 11.8 Å². The second-order valence-electron chi connectivity index (χ2n) is 5.11. The maximum atomic E-state index is 3.93. The molecule has 0 spiro atoms. The fraction of sp³-hybridized carbons (Fsp3) is 0.857. The van der Waals surface area contributed by atoms with Crippen molar-refractivity contribution >= 4 is 0 Å². The standard InChI is InChI=1S/C14H26/c1-4-5-9-13(3)14-10-7-6-8-12(2)11-14/h12-13H,1,4-11H2,2-3H3. The summed E-state index contributed by atoms with van der Waals surface area (Å²) in [5.41, 5.74) is 0. The van der Waals surface area contributed by atoms with E-state index in [1.807, 2.05) is 5.92 Å². The quantitative estimate of drug-likeness (QED) is 0.564. The first kappa shape index (κ1) is 12.1. The van der Waals surface area contributed by atoms with E-state index in [2.05, 4.69) is 20.8 Å². The van der Waals surface area contributed by atoms with E-state index >= 15 is 0 Å². The summed E-state index contributed by atoms with van der Waals surface area (Å²) in [6.07, 6.45) is 10.9. The van der Waals surface area contributed by atoms with Crippen LogP contribution in [0.5, 0.6) is 0 Å². The minimum atomic E-state index is 0.859. The summed E-state index contributed by atoms with van der Waals surface area (Å²) in [4.78, 5) is 0. The van der Waals surface area contributed by atoms with Crippen molar-refractivity contribution in [2.75, 3.05) is 0 Å². The molecule has 0 aromatic carbocycles. The minimum Gasteiger partial charge on any atom is -0.0625 e. The highest BCUT2D eigenvalue weighted by molar-refractivity contribution is 4.97. The van der Waals surface area contributed by atoms with Crippen LogP contribution in [-0.4, -0.2) is 0 Å².